The van der Waals surface area contributed by atoms with Gasteiger partial charge in [0.2, 0.25) is 0 Å². The molecule has 0 bridgehead atoms. The molecule has 0 amide bonds. The summed E-state index contributed by atoms with van der Waals surface area (Å²) in [5.74, 6) is -1.96. The summed E-state index contributed by atoms with van der Waals surface area (Å²) in [5, 5.41) is 19.4. The molecule has 62 valence electrons. The summed E-state index contributed by atoms with van der Waals surface area (Å²) in [5.41, 5.74) is 0. The van der Waals surface area contributed by atoms with Crippen molar-refractivity contribution in [1.82, 2.24) is 5.32 Å². The first-order chi connectivity index (χ1) is 5.11. The van der Waals surface area contributed by atoms with Crippen LogP contribution >= 0.6 is 0 Å². The van der Waals surface area contributed by atoms with Crippen LogP contribution in [0.15, 0.2) is 0 Å². The first kappa shape index (κ1) is 8.00. The second-order valence-corrected chi connectivity index (χ2v) is 2.53. The fourth-order valence-electron chi connectivity index (χ4n) is 1.13. The molecular formula is C6H9NO4. The van der Waals surface area contributed by atoms with Gasteiger partial charge in [0.05, 0.1) is 0 Å². The minimum Gasteiger partial charge on any atom is -0.480 e. The van der Waals surface area contributed by atoms with E-state index in [2.05, 4.69) is 5.32 Å². The molecule has 0 aliphatic carbocycles. The Morgan fingerprint density at radius 2 is 1.45 bits per heavy atom. The van der Waals surface area contributed by atoms with E-state index in [0.717, 1.165) is 0 Å². The topological polar surface area (TPSA) is 86.6 Å². The van der Waals surface area contributed by atoms with Crippen molar-refractivity contribution in [1.29, 1.82) is 0 Å². The van der Waals surface area contributed by atoms with E-state index in [0.29, 0.717) is 12.8 Å². The predicted molar refractivity (Wildman–Crippen MR) is 35.2 cm³/mol. The largest absolute Gasteiger partial charge is 0.480 e. The van der Waals surface area contributed by atoms with E-state index in [9.17, 15) is 9.59 Å². The van der Waals surface area contributed by atoms with Crippen molar-refractivity contribution in [2.75, 3.05) is 0 Å². The second kappa shape index (κ2) is 2.87. The van der Waals surface area contributed by atoms with Gasteiger partial charge in [0.15, 0.2) is 0 Å². The smallest absolute Gasteiger partial charge is 0.320 e. The van der Waals surface area contributed by atoms with Crippen LogP contribution in [0, 0.1) is 0 Å². The highest BCUT2D eigenvalue weighted by molar-refractivity contribution is 5.79. The lowest BCUT2D eigenvalue weighted by molar-refractivity contribution is -0.140. The quantitative estimate of drug-likeness (QED) is 0.494. The number of nitrogens with one attached hydrogen (secondary N) is 1. The summed E-state index contributed by atoms with van der Waals surface area (Å²) in [7, 11) is 0. The first-order valence-corrected chi connectivity index (χ1v) is 3.33. The van der Waals surface area contributed by atoms with E-state index in [1.165, 1.54) is 0 Å². The molecule has 0 radical (unpaired) electrons. The molecule has 0 spiro atoms. The van der Waals surface area contributed by atoms with Gasteiger partial charge in [-0.25, -0.2) is 0 Å². The Morgan fingerprint density at radius 1 is 1.09 bits per heavy atom. The number of hydrogen-bond donors (Lipinski definition) is 3. The van der Waals surface area contributed by atoms with Crippen LogP contribution in [0.5, 0.6) is 0 Å². The van der Waals surface area contributed by atoms with Gasteiger partial charge < -0.3 is 10.2 Å². The first-order valence-electron chi connectivity index (χ1n) is 3.33. The summed E-state index contributed by atoms with van der Waals surface area (Å²) in [6, 6.07) is -1.37. The van der Waals surface area contributed by atoms with E-state index in [4.69, 9.17) is 10.2 Å². The summed E-state index contributed by atoms with van der Waals surface area (Å²) in [6.45, 7) is 0. The lowest BCUT2D eigenvalue weighted by Gasteiger charge is -2.05. The Balaban J connectivity index is 2.47. The van der Waals surface area contributed by atoms with Crippen molar-refractivity contribution >= 4 is 11.9 Å². The summed E-state index contributed by atoms with van der Waals surface area (Å²) >= 11 is 0. The summed E-state index contributed by atoms with van der Waals surface area (Å²) in [4.78, 5) is 20.6. The lowest BCUT2D eigenvalue weighted by atomic mass is 10.2. The zero-order valence-electron chi connectivity index (χ0n) is 5.78. The van der Waals surface area contributed by atoms with Crippen LogP contribution in [-0.2, 0) is 9.59 Å². The van der Waals surface area contributed by atoms with Crippen LogP contribution in [0.2, 0.25) is 0 Å². The van der Waals surface area contributed by atoms with Crippen molar-refractivity contribution in [3.8, 4) is 0 Å². The van der Waals surface area contributed by atoms with Crippen molar-refractivity contribution in [2.45, 2.75) is 24.9 Å². The zero-order chi connectivity index (χ0) is 8.43. The van der Waals surface area contributed by atoms with Crippen molar-refractivity contribution in [3.05, 3.63) is 0 Å². The van der Waals surface area contributed by atoms with Crippen LogP contribution in [-0.4, -0.2) is 34.2 Å². The highest BCUT2D eigenvalue weighted by Crippen LogP contribution is 2.12. The number of carboxylic acids is 2. The van der Waals surface area contributed by atoms with Crippen LogP contribution in [0.4, 0.5) is 0 Å². The maximum Gasteiger partial charge on any atom is 0.320 e. The molecule has 0 aromatic carbocycles. The number of rotatable bonds is 2. The number of aliphatic carboxylic acids is 2. The van der Waals surface area contributed by atoms with E-state index >= 15 is 0 Å². The number of carboxylic acid groups (broad SMARTS) is 2. The van der Waals surface area contributed by atoms with Gasteiger partial charge in [0, 0.05) is 0 Å². The Bertz CT molecular complexity index is 171. The molecular weight excluding hydrogens is 150 g/mol. The molecule has 11 heavy (non-hydrogen) atoms. The average molecular weight is 159 g/mol. The van der Waals surface area contributed by atoms with E-state index < -0.39 is 24.0 Å². The maximum atomic E-state index is 10.3. The van der Waals surface area contributed by atoms with E-state index in [1.807, 2.05) is 0 Å². The lowest BCUT2D eigenvalue weighted by Crippen LogP contribution is -2.39. The van der Waals surface area contributed by atoms with Gasteiger partial charge in [-0.2, -0.15) is 0 Å². The molecule has 3 N–H and O–H groups in total. The Labute approximate surface area is 63.0 Å². The minimum atomic E-state index is -0.978. The monoisotopic (exact) mass is 159 g/mol. The predicted octanol–water partition coefficient (Wildman–Crippen LogP) is -0.724. The van der Waals surface area contributed by atoms with Gasteiger partial charge in [-0.1, -0.05) is 0 Å². The molecule has 0 aromatic heterocycles. The fourth-order valence-corrected chi connectivity index (χ4v) is 1.13. The summed E-state index contributed by atoms with van der Waals surface area (Å²) in [6.07, 6.45) is 0.790. The van der Waals surface area contributed by atoms with Gasteiger partial charge in [0.1, 0.15) is 12.1 Å². The van der Waals surface area contributed by atoms with Crippen LogP contribution in [0.3, 0.4) is 0 Å². The van der Waals surface area contributed by atoms with Crippen LogP contribution < -0.4 is 5.32 Å². The molecule has 5 heteroatoms. The molecule has 1 aliphatic rings. The normalized spacial score (nSPS) is 30.2. The summed E-state index contributed by atoms with van der Waals surface area (Å²) < 4.78 is 0. The second-order valence-electron chi connectivity index (χ2n) is 2.53. The molecule has 2 atom stereocenters. The third-order valence-corrected chi connectivity index (χ3v) is 1.74. The molecule has 1 aliphatic heterocycles. The SMILES string of the molecule is O=C(O)[C@H]1CC[C@H](C(=O)O)N1. The number of carbonyl (C=O) groups is 2. The molecule has 1 rings (SSSR count). The molecule has 0 saturated carbocycles. The Morgan fingerprint density at radius 3 is 1.64 bits per heavy atom. The molecule has 0 aromatic rings. The highest BCUT2D eigenvalue weighted by atomic mass is 16.4. The van der Waals surface area contributed by atoms with Gasteiger partial charge in [-0.15, -0.1) is 0 Å². The van der Waals surface area contributed by atoms with Crippen molar-refractivity contribution in [3.63, 3.8) is 0 Å². The molecule has 5 nitrogen and oxygen atoms in total. The molecule has 1 saturated heterocycles. The Hall–Kier alpha value is -1.10. The third kappa shape index (κ3) is 1.68. The molecule has 0 unspecified atom stereocenters. The van der Waals surface area contributed by atoms with Gasteiger partial charge in [-0.3, -0.25) is 14.9 Å². The van der Waals surface area contributed by atoms with Crippen LogP contribution in [0.1, 0.15) is 12.8 Å². The fraction of sp³-hybridized carbons (Fsp3) is 0.667. The van der Waals surface area contributed by atoms with Gasteiger partial charge in [-0.05, 0) is 12.8 Å². The average Bonchev–Trinajstić information content (AvgIpc) is 2.33. The third-order valence-electron chi connectivity index (χ3n) is 1.74. The maximum absolute atomic E-state index is 10.3. The van der Waals surface area contributed by atoms with Crippen molar-refractivity contribution in [2.24, 2.45) is 0 Å². The molecule has 1 fully saturated rings. The standard InChI is InChI=1S/C6H9NO4/c8-5(9)3-1-2-4(7-3)6(10)11/h3-4,7H,1-2H2,(H,8,9)(H,10,11)/t3-,4-/m1/s1. The molecule has 1 heterocycles. The van der Waals surface area contributed by atoms with E-state index in [-0.39, 0.29) is 0 Å². The van der Waals surface area contributed by atoms with Gasteiger partial charge in [0.25, 0.3) is 0 Å². The zero-order valence-corrected chi connectivity index (χ0v) is 5.78. The highest BCUT2D eigenvalue weighted by Gasteiger charge is 2.32. The number of hydrogen-bond acceptors (Lipinski definition) is 3. The van der Waals surface area contributed by atoms with E-state index in [1.54, 1.807) is 0 Å². The van der Waals surface area contributed by atoms with Crippen molar-refractivity contribution < 1.29 is 19.8 Å². The minimum absolute atomic E-state index is 0.395. The Kier molecular flexibility index (Phi) is 2.09. The van der Waals surface area contributed by atoms with Crippen LogP contribution in [0.25, 0.3) is 0 Å². The van der Waals surface area contributed by atoms with Gasteiger partial charge >= 0.3 is 11.9 Å².